The van der Waals surface area contributed by atoms with Crippen LogP contribution in [0.25, 0.3) is 11.0 Å². The number of para-hydroxylation sites is 2. The highest BCUT2D eigenvalue weighted by atomic mass is 28.4. The molecule has 28 heavy (non-hydrogen) atoms. The van der Waals surface area contributed by atoms with E-state index in [0.717, 1.165) is 11.0 Å². The molecule has 9 heteroatoms. The van der Waals surface area contributed by atoms with Crippen LogP contribution in [-0.2, 0) is 29.4 Å². The van der Waals surface area contributed by atoms with Gasteiger partial charge in [0.05, 0.1) is 23.9 Å². The second kappa shape index (κ2) is 11.3. The van der Waals surface area contributed by atoms with Gasteiger partial charge in [0.15, 0.2) is 0 Å². The van der Waals surface area contributed by atoms with E-state index in [0.29, 0.717) is 32.4 Å². The van der Waals surface area contributed by atoms with Crippen LogP contribution < -0.4 is 0 Å². The zero-order chi connectivity index (χ0) is 20.4. The minimum absolute atomic E-state index is 0.0855. The third-order valence-electron chi connectivity index (χ3n) is 4.10. The number of carbonyl (C=O) groups is 1. The van der Waals surface area contributed by atoms with Gasteiger partial charge in [-0.3, -0.25) is 4.79 Å². The number of hydrogen-bond donors (Lipinski definition) is 1. The third-order valence-corrected chi connectivity index (χ3v) is 7.15. The van der Waals surface area contributed by atoms with Crippen LogP contribution in [0.4, 0.5) is 0 Å². The molecule has 0 aliphatic carbocycles. The molecular weight excluding hydrogens is 380 g/mol. The Morgan fingerprint density at radius 3 is 2.43 bits per heavy atom. The number of carbonyl (C=O) groups excluding carboxylic acids is 1. The lowest BCUT2D eigenvalue weighted by Crippen LogP contribution is -2.46. The van der Waals surface area contributed by atoms with Gasteiger partial charge in [0.25, 0.3) is 0 Å². The van der Waals surface area contributed by atoms with Crippen molar-refractivity contribution in [2.24, 2.45) is 0 Å². The zero-order valence-corrected chi connectivity index (χ0v) is 17.8. The molecule has 1 heterocycles. The van der Waals surface area contributed by atoms with Crippen LogP contribution in [0.15, 0.2) is 30.6 Å². The Labute approximate surface area is 166 Å². The van der Waals surface area contributed by atoms with Gasteiger partial charge < -0.3 is 27.7 Å². The summed E-state index contributed by atoms with van der Waals surface area (Å²) in [6, 6.07) is 8.01. The highest BCUT2D eigenvalue weighted by Gasteiger charge is 2.40. The van der Waals surface area contributed by atoms with Crippen LogP contribution in [0, 0.1) is 0 Å². The summed E-state index contributed by atoms with van der Waals surface area (Å²) in [6.45, 7) is 7.19. The molecule has 1 aromatic heterocycles. The molecule has 2 rings (SSSR count). The van der Waals surface area contributed by atoms with Crippen molar-refractivity contribution in [3.05, 3.63) is 30.6 Å². The van der Waals surface area contributed by atoms with Crippen LogP contribution in [0.2, 0.25) is 6.04 Å². The number of benzene rings is 1. The lowest BCUT2D eigenvalue weighted by Gasteiger charge is -2.28. The summed E-state index contributed by atoms with van der Waals surface area (Å²) >= 11 is 0. The average Bonchev–Trinajstić information content (AvgIpc) is 3.08. The Morgan fingerprint density at radius 1 is 1.14 bits per heavy atom. The van der Waals surface area contributed by atoms with E-state index in [-0.39, 0.29) is 13.0 Å². The number of esters is 1. The quantitative estimate of drug-likeness (QED) is 0.400. The standard InChI is InChI=1S/C19H30N2O6Si/c1-4-25-28(26-5-2,27-6-3)12-11-19(23)24-14-16(22)13-21-15-20-17-9-7-8-10-18(17)21/h7-10,15-16,22H,4-6,11-14H2,1-3H3. The predicted molar refractivity (Wildman–Crippen MR) is 107 cm³/mol. The number of aromatic nitrogens is 2. The Hall–Kier alpha value is -1.78. The van der Waals surface area contributed by atoms with E-state index in [4.69, 9.17) is 18.0 Å². The molecule has 0 radical (unpaired) electrons. The highest BCUT2D eigenvalue weighted by Crippen LogP contribution is 2.19. The summed E-state index contributed by atoms with van der Waals surface area (Å²) in [4.78, 5) is 16.4. The van der Waals surface area contributed by atoms with Gasteiger partial charge >= 0.3 is 14.8 Å². The van der Waals surface area contributed by atoms with Gasteiger partial charge in [0, 0.05) is 32.3 Å². The lowest BCUT2D eigenvalue weighted by molar-refractivity contribution is -0.146. The fourth-order valence-corrected chi connectivity index (χ4v) is 5.47. The number of imidazole rings is 1. The van der Waals surface area contributed by atoms with Crippen molar-refractivity contribution in [3.8, 4) is 0 Å². The van der Waals surface area contributed by atoms with Crippen LogP contribution in [0.1, 0.15) is 27.2 Å². The van der Waals surface area contributed by atoms with Gasteiger partial charge in [0.1, 0.15) is 12.7 Å². The molecule has 2 aromatic rings. The summed E-state index contributed by atoms with van der Waals surface area (Å²) in [6.07, 6.45) is 0.962. The highest BCUT2D eigenvalue weighted by molar-refractivity contribution is 6.60. The fraction of sp³-hybridized carbons (Fsp3) is 0.579. The molecule has 0 aliphatic rings. The second-order valence-corrected chi connectivity index (χ2v) is 8.94. The number of fused-ring (bicyclic) bond motifs is 1. The minimum atomic E-state index is -2.87. The van der Waals surface area contributed by atoms with Gasteiger partial charge in [-0.15, -0.1) is 0 Å². The lowest BCUT2D eigenvalue weighted by atomic mass is 10.3. The molecule has 1 aromatic carbocycles. The number of aliphatic hydroxyl groups excluding tert-OH is 1. The molecule has 0 saturated heterocycles. The van der Waals surface area contributed by atoms with Crippen molar-refractivity contribution >= 4 is 25.8 Å². The molecule has 0 aliphatic heterocycles. The summed E-state index contributed by atoms with van der Waals surface area (Å²) in [5, 5.41) is 10.2. The van der Waals surface area contributed by atoms with Crippen LogP contribution in [-0.4, -0.2) is 62.0 Å². The Morgan fingerprint density at radius 2 is 1.79 bits per heavy atom. The molecular formula is C19H30N2O6Si. The van der Waals surface area contributed by atoms with Crippen molar-refractivity contribution < 1.29 is 27.9 Å². The first-order valence-electron chi connectivity index (χ1n) is 9.69. The van der Waals surface area contributed by atoms with E-state index in [9.17, 15) is 9.90 Å². The Balaban J connectivity index is 1.82. The van der Waals surface area contributed by atoms with E-state index in [1.165, 1.54) is 0 Å². The van der Waals surface area contributed by atoms with E-state index in [2.05, 4.69) is 4.98 Å². The number of rotatable bonds is 13. The largest absolute Gasteiger partial charge is 0.501 e. The van der Waals surface area contributed by atoms with Crippen molar-refractivity contribution in [1.29, 1.82) is 0 Å². The SMILES string of the molecule is CCO[Si](CCC(=O)OCC(O)Cn1cnc2ccccc21)(OCC)OCC. The Kier molecular flexibility index (Phi) is 9.06. The summed E-state index contributed by atoms with van der Waals surface area (Å²) in [5.74, 6) is -0.412. The van der Waals surface area contributed by atoms with Crippen LogP contribution in [0.5, 0.6) is 0 Å². The van der Waals surface area contributed by atoms with Gasteiger partial charge in [-0.05, 0) is 32.9 Å². The predicted octanol–water partition coefficient (Wildman–Crippen LogP) is 2.38. The summed E-state index contributed by atoms with van der Waals surface area (Å²) in [7, 11) is -2.87. The molecule has 156 valence electrons. The average molecular weight is 411 g/mol. The number of aliphatic hydroxyl groups is 1. The fourth-order valence-electron chi connectivity index (χ4n) is 2.95. The van der Waals surface area contributed by atoms with Crippen molar-refractivity contribution in [3.63, 3.8) is 0 Å². The van der Waals surface area contributed by atoms with Crippen LogP contribution in [0.3, 0.4) is 0 Å². The molecule has 1 N–H and O–H groups in total. The molecule has 0 spiro atoms. The molecule has 0 fully saturated rings. The van der Waals surface area contributed by atoms with Gasteiger partial charge in [-0.2, -0.15) is 0 Å². The van der Waals surface area contributed by atoms with Gasteiger partial charge in [-0.25, -0.2) is 4.98 Å². The molecule has 0 saturated carbocycles. The third kappa shape index (κ3) is 6.38. The van der Waals surface area contributed by atoms with Crippen molar-refractivity contribution in [2.45, 2.75) is 45.9 Å². The molecule has 1 atom stereocenters. The molecule has 0 amide bonds. The normalized spacial score (nSPS) is 13.0. The first-order valence-corrected chi connectivity index (χ1v) is 11.6. The minimum Gasteiger partial charge on any atom is -0.463 e. The first-order chi connectivity index (χ1) is 13.5. The second-order valence-electron chi connectivity index (χ2n) is 6.20. The molecule has 1 unspecified atom stereocenters. The zero-order valence-electron chi connectivity index (χ0n) is 16.8. The van der Waals surface area contributed by atoms with E-state index in [1.807, 2.05) is 49.6 Å². The monoisotopic (exact) mass is 410 g/mol. The van der Waals surface area contributed by atoms with Gasteiger partial charge in [-0.1, -0.05) is 12.1 Å². The van der Waals surface area contributed by atoms with Crippen molar-refractivity contribution in [2.75, 3.05) is 26.4 Å². The van der Waals surface area contributed by atoms with Crippen LogP contribution >= 0.6 is 0 Å². The topological polar surface area (TPSA) is 92.0 Å². The van der Waals surface area contributed by atoms with E-state index >= 15 is 0 Å². The maximum Gasteiger partial charge on any atom is 0.501 e. The van der Waals surface area contributed by atoms with E-state index < -0.39 is 20.9 Å². The summed E-state index contributed by atoms with van der Waals surface area (Å²) < 4.78 is 24.2. The Bertz CT molecular complexity index is 721. The number of ether oxygens (including phenoxy) is 1. The maximum atomic E-state index is 12.1. The number of hydrogen-bond acceptors (Lipinski definition) is 7. The van der Waals surface area contributed by atoms with E-state index in [1.54, 1.807) is 6.33 Å². The maximum absolute atomic E-state index is 12.1. The summed E-state index contributed by atoms with van der Waals surface area (Å²) in [5.41, 5.74) is 1.78. The smallest absolute Gasteiger partial charge is 0.463 e. The van der Waals surface area contributed by atoms with Gasteiger partial charge in [0.2, 0.25) is 0 Å². The molecule has 8 nitrogen and oxygen atoms in total. The van der Waals surface area contributed by atoms with Crippen molar-refractivity contribution in [1.82, 2.24) is 9.55 Å². The number of nitrogens with zero attached hydrogens (tertiary/aromatic N) is 2. The first kappa shape index (κ1) is 22.5. The molecule has 0 bridgehead atoms.